The van der Waals surface area contributed by atoms with Gasteiger partial charge in [-0.05, 0) is 41.3 Å². The van der Waals surface area contributed by atoms with Crippen molar-refractivity contribution in [2.24, 2.45) is 0 Å². The predicted octanol–water partition coefficient (Wildman–Crippen LogP) is 4.31. The van der Waals surface area contributed by atoms with Crippen LogP contribution in [0.5, 0.6) is 5.75 Å². The van der Waals surface area contributed by atoms with Crippen LogP contribution in [0.15, 0.2) is 48.5 Å². The number of carbonyl (C=O) groups excluding carboxylic acids is 1. The van der Waals surface area contributed by atoms with Crippen LogP contribution in [0.25, 0.3) is 21.5 Å². The lowest BCUT2D eigenvalue weighted by molar-refractivity contribution is 0.0526. The van der Waals surface area contributed by atoms with Crippen LogP contribution in [-0.4, -0.2) is 12.6 Å². The molecule has 0 aliphatic heterocycles. The Balaban J connectivity index is 2.24. The van der Waals surface area contributed by atoms with E-state index >= 15 is 0 Å². The Hall–Kier alpha value is -2.55. The zero-order valence-corrected chi connectivity index (χ0v) is 11.1. The minimum atomic E-state index is -0.459. The quantitative estimate of drug-likeness (QED) is 0.512. The smallest absolute Gasteiger partial charge is 0.338 e. The van der Waals surface area contributed by atoms with Crippen molar-refractivity contribution in [2.75, 3.05) is 6.61 Å². The number of ether oxygens (including phenoxy) is 1. The molecule has 20 heavy (non-hydrogen) atoms. The highest BCUT2D eigenvalue weighted by atomic mass is 16.5. The first-order valence-corrected chi connectivity index (χ1v) is 6.49. The van der Waals surface area contributed by atoms with Gasteiger partial charge in [-0.2, -0.15) is 0 Å². The molecule has 3 aromatic rings. The molecule has 0 aliphatic carbocycles. The van der Waals surface area contributed by atoms with Gasteiger partial charge in [0.15, 0.2) is 5.75 Å². The van der Waals surface area contributed by atoms with Crippen molar-refractivity contribution in [3.63, 3.8) is 0 Å². The van der Waals surface area contributed by atoms with E-state index in [4.69, 9.17) is 4.74 Å². The average molecular weight is 265 g/mol. The molecule has 0 saturated heterocycles. The third kappa shape index (κ3) is 2.07. The lowest BCUT2D eigenvalue weighted by Gasteiger charge is -2.06. The maximum atomic E-state index is 12.1. The summed E-state index contributed by atoms with van der Waals surface area (Å²) in [5, 5.41) is 15.6. The van der Waals surface area contributed by atoms with E-state index in [9.17, 15) is 9.90 Å². The van der Waals surface area contributed by atoms with Gasteiger partial charge in [0, 0.05) is 11.5 Å². The fourth-order valence-electron chi connectivity index (χ4n) is 2.35. The summed E-state index contributed by atoms with van der Waals surface area (Å²) in [4.78, 5) is 11.7. The van der Waals surface area contributed by atoms with E-state index in [-0.39, 0.29) is 5.75 Å². The van der Waals surface area contributed by atoms with Gasteiger partial charge in [0.2, 0.25) is 0 Å². The molecule has 0 aliphatic rings. The summed E-state index contributed by atoms with van der Waals surface area (Å²) >= 11 is 0. The molecule has 3 heteroatoms. The van der Waals surface area contributed by atoms with Crippen LogP contribution >= 0.6 is 0 Å². The van der Waals surface area contributed by atoms with Crippen LogP contribution in [0.4, 0.5) is 0 Å². The van der Waals surface area contributed by atoms with E-state index in [0.29, 0.717) is 17.6 Å². The Labute approximate surface area is 116 Å². The lowest BCUT2D eigenvalue weighted by atomic mass is 10.0. The van der Waals surface area contributed by atoms with Crippen molar-refractivity contribution in [3.05, 3.63) is 54.1 Å². The Morgan fingerprint density at radius 2 is 1.70 bits per heavy atom. The number of hydrogen-bond acceptors (Lipinski definition) is 2. The van der Waals surface area contributed by atoms with Crippen molar-refractivity contribution in [1.82, 2.24) is 0 Å². The molecule has 0 unspecified atom stereocenters. The van der Waals surface area contributed by atoms with Gasteiger partial charge >= 0.3 is 5.97 Å². The highest BCUT2D eigenvalue weighted by molar-refractivity contribution is 6.04. The molecule has 0 fully saturated rings. The molecule has 0 saturated carbocycles. The molecule has 0 bridgehead atoms. The number of esters is 1. The minimum Gasteiger partial charge on any atom is -0.462 e. The number of hydrogen-bond donors (Lipinski definition) is 0. The molecule has 0 atom stereocenters. The van der Waals surface area contributed by atoms with Crippen LogP contribution < -0.4 is 0 Å². The Morgan fingerprint density at radius 1 is 1.00 bits per heavy atom. The topological polar surface area (TPSA) is 46.2 Å². The first-order valence-electron chi connectivity index (χ1n) is 6.49. The number of fused-ring (bicyclic) bond motifs is 2. The SMILES string of the molecule is CCOC(=O)c1cc([O])c2cc3ccccc3cc2c1. The van der Waals surface area contributed by atoms with E-state index in [2.05, 4.69) is 0 Å². The Bertz CT molecular complexity index is 806. The third-order valence-electron chi connectivity index (χ3n) is 3.29. The van der Waals surface area contributed by atoms with Gasteiger partial charge in [0.05, 0.1) is 12.2 Å². The largest absolute Gasteiger partial charge is 0.462 e. The molecule has 3 nitrogen and oxygen atoms in total. The normalized spacial score (nSPS) is 10.8. The summed E-state index contributed by atoms with van der Waals surface area (Å²) in [5.41, 5.74) is 0.305. The van der Waals surface area contributed by atoms with Crippen molar-refractivity contribution < 1.29 is 14.6 Å². The summed E-state index contributed by atoms with van der Waals surface area (Å²) in [7, 11) is 0. The lowest BCUT2D eigenvalue weighted by Crippen LogP contribution is -2.04. The second-order valence-corrected chi connectivity index (χ2v) is 4.62. The summed E-state index contributed by atoms with van der Waals surface area (Å²) in [6.07, 6.45) is 0. The summed E-state index contributed by atoms with van der Waals surface area (Å²) in [6.45, 7) is 2.04. The molecule has 1 radical (unpaired) electrons. The monoisotopic (exact) mass is 265 g/mol. The predicted molar refractivity (Wildman–Crippen MR) is 77.5 cm³/mol. The fourth-order valence-corrected chi connectivity index (χ4v) is 2.35. The molecule has 0 amide bonds. The highest BCUT2D eigenvalue weighted by Gasteiger charge is 2.12. The second kappa shape index (κ2) is 4.85. The van der Waals surface area contributed by atoms with Crippen LogP contribution in [-0.2, 0) is 9.84 Å². The number of rotatable bonds is 2. The molecule has 0 aromatic heterocycles. The van der Waals surface area contributed by atoms with Gasteiger partial charge in [-0.1, -0.05) is 24.3 Å². The minimum absolute atomic E-state index is 0.156. The highest BCUT2D eigenvalue weighted by Crippen LogP contribution is 2.31. The maximum Gasteiger partial charge on any atom is 0.338 e. The summed E-state index contributed by atoms with van der Waals surface area (Å²) < 4.78 is 4.94. The first-order chi connectivity index (χ1) is 9.69. The van der Waals surface area contributed by atoms with Gasteiger partial charge in [-0.3, -0.25) is 5.11 Å². The van der Waals surface area contributed by atoms with Gasteiger partial charge in [0.25, 0.3) is 0 Å². The Morgan fingerprint density at radius 3 is 2.40 bits per heavy atom. The average Bonchev–Trinajstić information content (AvgIpc) is 2.45. The Kier molecular flexibility index (Phi) is 3.03. The van der Waals surface area contributed by atoms with Crippen molar-refractivity contribution in [3.8, 4) is 5.75 Å². The van der Waals surface area contributed by atoms with E-state index in [0.717, 1.165) is 16.2 Å². The zero-order valence-electron chi connectivity index (χ0n) is 11.1. The zero-order chi connectivity index (χ0) is 14.1. The van der Waals surface area contributed by atoms with Gasteiger partial charge in [0.1, 0.15) is 0 Å². The summed E-state index contributed by atoms with van der Waals surface area (Å²) in [6, 6.07) is 14.7. The fraction of sp³-hybridized carbons (Fsp3) is 0.118. The molecular weight excluding hydrogens is 252 g/mol. The molecule has 0 spiro atoms. The maximum absolute atomic E-state index is 12.1. The third-order valence-corrected chi connectivity index (χ3v) is 3.29. The van der Waals surface area contributed by atoms with Gasteiger partial charge < -0.3 is 4.74 Å². The second-order valence-electron chi connectivity index (χ2n) is 4.62. The van der Waals surface area contributed by atoms with Crippen molar-refractivity contribution in [1.29, 1.82) is 0 Å². The van der Waals surface area contributed by atoms with Crippen LogP contribution in [0.3, 0.4) is 0 Å². The molecule has 3 aromatic carbocycles. The number of benzene rings is 3. The van der Waals surface area contributed by atoms with Crippen LogP contribution in [0.1, 0.15) is 17.3 Å². The standard InChI is InChI=1S/C17H13O3/c1-2-20-17(19)14-8-13-7-11-5-3-4-6-12(11)9-15(13)16(18)10-14/h3-10H,2H2,1H3. The molecule has 99 valence electrons. The van der Waals surface area contributed by atoms with E-state index < -0.39 is 5.97 Å². The van der Waals surface area contributed by atoms with Crippen LogP contribution in [0.2, 0.25) is 0 Å². The van der Waals surface area contributed by atoms with E-state index in [1.165, 1.54) is 6.07 Å². The van der Waals surface area contributed by atoms with E-state index in [1.54, 1.807) is 13.0 Å². The van der Waals surface area contributed by atoms with Gasteiger partial charge in [-0.25, -0.2) is 4.79 Å². The molecule has 0 N–H and O–H groups in total. The molecule has 0 heterocycles. The van der Waals surface area contributed by atoms with Crippen molar-refractivity contribution >= 4 is 27.5 Å². The summed E-state index contributed by atoms with van der Waals surface area (Å²) in [5.74, 6) is -0.615. The van der Waals surface area contributed by atoms with E-state index in [1.807, 2.05) is 36.4 Å². The first kappa shape index (κ1) is 12.5. The molecule has 3 rings (SSSR count). The van der Waals surface area contributed by atoms with Crippen LogP contribution in [0, 0.1) is 0 Å². The molecular formula is C17H13O3. The van der Waals surface area contributed by atoms with Crippen molar-refractivity contribution in [2.45, 2.75) is 6.92 Å². The van der Waals surface area contributed by atoms with Gasteiger partial charge in [-0.15, -0.1) is 0 Å². The number of carbonyl (C=O) groups is 1.